The van der Waals surface area contributed by atoms with Gasteiger partial charge in [0.15, 0.2) is 0 Å². The fourth-order valence-electron chi connectivity index (χ4n) is 6.44. The van der Waals surface area contributed by atoms with Crippen LogP contribution in [0.3, 0.4) is 0 Å². The standard InChI is InChI=1S/C28H27F6N2O/c1-2-18-16-36(15-17-11-20(27(29,30)31)14-21(12-17)28(32,33)34)10-8-19(18)13-25(36)26(37)23-7-9-35-24-6-4-3-5-22(23)24/h2-7,9,11-12,14,18-19,25-26,37H,1,8,10,13,15-16H2/q+1/t18-,19-,25-,26+,36?/m0/s1. The van der Waals surface area contributed by atoms with Crippen molar-refractivity contribution in [2.75, 3.05) is 13.1 Å². The van der Waals surface area contributed by atoms with E-state index in [1.807, 2.05) is 30.3 Å². The molecule has 0 spiro atoms. The van der Waals surface area contributed by atoms with Crippen molar-refractivity contribution in [3.05, 3.63) is 89.6 Å². The van der Waals surface area contributed by atoms with Crippen LogP contribution in [-0.2, 0) is 18.9 Å². The first kappa shape index (κ1) is 25.7. The summed E-state index contributed by atoms with van der Waals surface area (Å²) < 4.78 is 81.6. The molecule has 3 aliphatic heterocycles. The van der Waals surface area contributed by atoms with E-state index < -0.39 is 35.6 Å². The van der Waals surface area contributed by atoms with Gasteiger partial charge in [-0.2, -0.15) is 26.3 Å². The number of nitrogens with zero attached hydrogens (tertiary/aromatic N) is 2. The maximum absolute atomic E-state index is 13.6. The first-order valence-electron chi connectivity index (χ1n) is 12.2. The second-order valence-electron chi connectivity index (χ2n) is 10.3. The summed E-state index contributed by atoms with van der Waals surface area (Å²) in [5.74, 6) is 0.316. The summed E-state index contributed by atoms with van der Waals surface area (Å²) in [6.45, 7) is 4.93. The lowest BCUT2D eigenvalue weighted by molar-refractivity contribution is -0.984. The number of fused-ring (bicyclic) bond motifs is 4. The quantitative estimate of drug-likeness (QED) is 0.225. The summed E-state index contributed by atoms with van der Waals surface area (Å²) in [5.41, 5.74) is -1.31. The van der Waals surface area contributed by atoms with Gasteiger partial charge in [0.1, 0.15) is 18.7 Å². The van der Waals surface area contributed by atoms with Crippen LogP contribution in [0, 0.1) is 11.8 Å². The van der Waals surface area contributed by atoms with Gasteiger partial charge >= 0.3 is 12.4 Å². The minimum Gasteiger partial charge on any atom is -0.382 e. The molecular formula is C28H27F6N2O+. The Morgan fingerprint density at radius 3 is 2.35 bits per heavy atom. The number of hydrogen-bond acceptors (Lipinski definition) is 2. The zero-order chi connectivity index (χ0) is 26.6. The average Bonchev–Trinajstić information content (AvgIpc) is 2.86. The number of rotatable bonds is 5. The third kappa shape index (κ3) is 4.75. The third-order valence-corrected chi connectivity index (χ3v) is 8.19. The van der Waals surface area contributed by atoms with Crippen molar-refractivity contribution in [2.24, 2.45) is 11.8 Å². The molecule has 0 radical (unpaired) electrons. The number of alkyl halides is 6. The minimum absolute atomic E-state index is 0.0397. The van der Waals surface area contributed by atoms with E-state index in [0.717, 1.165) is 23.9 Å². The van der Waals surface area contributed by atoms with Gasteiger partial charge in [-0.05, 0) is 41.8 Å². The molecule has 0 amide bonds. The Morgan fingerprint density at radius 1 is 1.03 bits per heavy atom. The van der Waals surface area contributed by atoms with Crippen molar-refractivity contribution in [2.45, 2.75) is 43.9 Å². The van der Waals surface area contributed by atoms with E-state index in [-0.39, 0.29) is 34.5 Å². The molecule has 1 aromatic heterocycles. The molecule has 3 aliphatic rings. The number of quaternary nitrogens is 1. The van der Waals surface area contributed by atoms with E-state index in [4.69, 9.17) is 0 Å². The maximum Gasteiger partial charge on any atom is 0.416 e. The Hall–Kier alpha value is -2.91. The number of benzene rings is 2. The second kappa shape index (κ2) is 9.13. The van der Waals surface area contributed by atoms with Crippen molar-refractivity contribution in [3.8, 4) is 0 Å². The van der Waals surface area contributed by atoms with Crippen molar-refractivity contribution in [3.63, 3.8) is 0 Å². The molecule has 1 unspecified atom stereocenters. The first-order chi connectivity index (χ1) is 17.4. The minimum atomic E-state index is -4.91. The number of halogens is 6. The second-order valence-corrected chi connectivity index (χ2v) is 10.3. The number of aliphatic hydroxyl groups excluding tert-OH is 1. The topological polar surface area (TPSA) is 33.1 Å². The third-order valence-electron chi connectivity index (χ3n) is 8.19. The van der Waals surface area contributed by atoms with Crippen LogP contribution in [0.5, 0.6) is 0 Å². The molecule has 2 bridgehead atoms. The summed E-state index contributed by atoms with van der Waals surface area (Å²) in [6.07, 6.45) is -5.99. The predicted molar refractivity (Wildman–Crippen MR) is 127 cm³/mol. The summed E-state index contributed by atoms with van der Waals surface area (Å²) >= 11 is 0. The van der Waals surface area contributed by atoms with Gasteiger partial charge in [0, 0.05) is 35.9 Å². The molecule has 3 fully saturated rings. The fraction of sp³-hybridized carbons (Fsp3) is 0.393. The van der Waals surface area contributed by atoms with Crippen LogP contribution in [0.1, 0.15) is 41.2 Å². The fourth-order valence-corrected chi connectivity index (χ4v) is 6.44. The zero-order valence-corrected chi connectivity index (χ0v) is 19.9. The van der Waals surface area contributed by atoms with E-state index in [9.17, 15) is 31.4 Å². The molecule has 196 valence electrons. The van der Waals surface area contributed by atoms with Crippen LogP contribution in [0.25, 0.3) is 10.9 Å². The zero-order valence-electron chi connectivity index (χ0n) is 19.9. The van der Waals surface area contributed by atoms with Crippen LogP contribution >= 0.6 is 0 Å². The summed E-state index contributed by atoms with van der Waals surface area (Å²) in [7, 11) is 0. The van der Waals surface area contributed by atoms with Gasteiger partial charge in [0.05, 0.1) is 29.7 Å². The maximum atomic E-state index is 13.6. The SMILES string of the molecule is C=C[C@H]1C[N+]2(Cc3cc(C(F)(F)F)cc(C(F)(F)F)c3)CC[C@H]1C[C@H]2[C@H](O)c1ccnc2ccccc12. The Morgan fingerprint density at radius 2 is 1.70 bits per heavy atom. The van der Waals surface area contributed by atoms with Crippen molar-refractivity contribution < 1.29 is 35.9 Å². The van der Waals surface area contributed by atoms with Crippen LogP contribution < -0.4 is 0 Å². The Balaban J connectivity index is 1.59. The number of piperidine rings is 3. The van der Waals surface area contributed by atoms with Gasteiger partial charge in [0.25, 0.3) is 0 Å². The van der Waals surface area contributed by atoms with E-state index in [1.54, 1.807) is 12.3 Å². The number of para-hydroxylation sites is 1. The predicted octanol–water partition coefficient (Wildman–Crippen LogP) is 6.92. The molecule has 0 aliphatic carbocycles. The lowest BCUT2D eigenvalue weighted by Gasteiger charge is -2.58. The van der Waals surface area contributed by atoms with Gasteiger partial charge in [-0.3, -0.25) is 4.98 Å². The highest BCUT2D eigenvalue weighted by Crippen LogP contribution is 2.48. The van der Waals surface area contributed by atoms with E-state index >= 15 is 0 Å². The Labute approximate surface area is 210 Å². The number of aliphatic hydroxyl groups is 1. The molecule has 2 aromatic carbocycles. The van der Waals surface area contributed by atoms with E-state index in [1.165, 1.54) is 0 Å². The monoisotopic (exact) mass is 521 g/mol. The Bertz CT molecular complexity index is 1280. The summed E-state index contributed by atoms with van der Waals surface area (Å²) in [5, 5.41) is 12.5. The highest BCUT2D eigenvalue weighted by atomic mass is 19.4. The first-order valence-corrected chi connectivity index (χ1v) is 12.2. The summed E-state index contributed by atoms with van der Waals surface area (Å²) in [6, 6.07) is 10.5. The van der Waals surface area contributed by atoms with Gasteiger partial charge in [-0.1, -0.05) is 24.3 Å². The van der Waals surface area contributed by atoms with Gasteiger partial charge in [-0.15, -0.1) is 6.58 Å². The molecule has 3 nitrogen and oxygen atoms in total. The number of pyridine rings is 1. The van der Waals surface area contributed by atoms with Gasteiger partial charge in [-0.25, -0.2) is 0 Å². The Kier molecular flexibility index (Phi) is 6.35. The molecule has 0 saturated carbocycles. The molecule has 1 N–H and O–H groups in total. The molecule has 37 heavy (non-hydrogen) atoms. The lowest BCUT2D eigenvalue weighted by atomic mass is 9.71. The van der Waals surface area contributed by atoms with Crippen LogP contribution in [0.2, 0.25) is 0 Å². The van der Waals surface area contributed by atoms with Crippen molar-refractivity contribution in [1.29, 1.82) is 0 Å². The smallest absolute Gasteiger partial charge is 0.382 e. The summed E-state index contributed by atoms with van der Waals surface area (Å²) in [4.78, 5) is 4.35. The highest BCUT2D eigenvalue weighted by Gasteiger charge is 2.54. The van der Waals surface area contributed by atoms with Gasteiger partial charge in [0.2, 0.25) is 0 Å². The molecular weight excluding hydrogens is 494 g/mol. The normalized spacial score (nSPS) is 26.8. The number of hydrogen-bond donors (Lipinski definition) is 1. The molecule has 3 aromatic rings. The number of aromatic nitrogens is 1. The van der Waals surface area contributed by atoms with E-state index in [2.05, 4.69) is 11.6 Å². The molecule has 3 saturated heterocycles. The van der Waals surface area contributed by atoms with Crippen LogP contribution in [0.15, 0.2) is 67.4 Å². The average molecular weight is 522 g/mol. The van der Waals surface area contributed by atoms with Crippen molar-refractivity contribution in [1.82, 2.24) is 4.98 Å². The van der Waals surface area contributed by atoms with Gasteiger partial charge < -0.3 is 9.59 Å². The van der Waals surface area contributed by atoms with Crippen LogP contribution in [-0.4, -0.2) is 33.7 Å². The van der Waals surface area contributed by atoms with Crippen molar-refractivity contribution >= 4 is 10.9 Å². The lowest BCUT2D eigenvalue weighted by Crippen LogP contribution is -2.67. The molecule has 4 heterocycles. The van der Waals surface area contributed by atoms with E-state index in [0.29, 0.717) is 30.6 Å². The largest absolute Gasteiger partial charge is 0.416 e. The highest BCUT2D eigenvalue weighted by molar-refractivity contribution is 5.82. The molecule has 9 heteroatoms. The van der Waals surface area contributed by atoms with Crippen LogP contribution in [0.4, 0.5) is 26.3 Å². The molecule has 5 atom stereocenters. The molecule has 6 rings (SSSR count).